The molecule has 1 unspecified atom stereocenters. The molecule has 1 aromatic carbocycles. The second-order valence-electron chi connectivity index (χ2n) is 15.1. The Labute approximate surface area is 258 Å². The fourth-order valence-electron chi connectivity index (χ4n) is 10.7. The average Bonchev–Trinajstić information content (AvgIpc) is 3.37. The lowest BCUT2D eigenvalue weighted by atomic mass is 9.43. The number of carbonyl (C=O) groups excluding carboxylic acids is 2. The molecule has 4 aliphatic carbocycles. The Kier molecular flexibility index (Phi) is 9.39. The van der Waals surface area contributed by atoms with Gasteiger partial charge in [-0.25, -0.2) is 4.79 Å². The van der Waals surface area contributed by atoms with E-state index in [2.05, 4.69) is 20.8 Å². The molecule has 0 aromatic heterocycles. The van der Waals surface area contributed by atoms with Crippen LogP contribution in [-0.4, -0.2) is 50.6 Å². The summed E-state index contributed by atoms with van der Waals surface area (Å²) < 4.78 is 25.2. The predicted molar refractivity (Wildman–Crippen MR) is 165 cm³/mol. The van der Waals surface area contributed by atoms with Crippen LogP contribution in [0.15, 0.2) is 30.3 Å². The van der Waals surface area contributed by atoms with Crippen LogP contribution in [0.25, 0.3) is 0 Å². The summed E-state index contributed by atoms with van der Waals surface area (Å²) in [5.74, 6) is 2.61. The van der Waals surface area contributed by atoms with Gasteiger partial charge >= 0.3 is 5.97 Å². The van der Waals surface area contributed by atoms with Gasteiger partial charge in [-0.15, -0.1) is 0 Å². The number of rotatable bonds is 9. The molecule has 0 spiro atoms. The van der Waals surface area contributed by atoms with Crippen LogP contribution in [0.3, 0.4) is 0 Å². The van der Waals surface area contributed by atoms with Gasteiger partial charge in [0, 0.05) is 38.6 Å². The molecule has 4 saturated carbocycles. The molecule has 6 heteroatoms. The highest BCUT2D eigenvalue weighted by Crippen LogP contribution is 2.69. The number of methoxy groups -OCH3 is 1. The molecule has 1 heterocycles. The Hall–Kier alpha value is -1.76. The second-order valence-corrected chi connectivity index (χ2v) is 15.1. The monoisotopic (exact) mass is 594 g/mol. The summed E-state index contributed by atoms with van der Waals surface area (Å²) in [5.41, 5.74) is 0.534. The molecule has 238 valence electrons. The number of Topliss-reactive ketones (excluding diaryl/α,β-unsaturated/α-hetero) is 1. The van der Waals surface area contributed by atoms with Gasteiger partial charge in [0.25, 0.3) is 0 Å². The van der Waals surface area contributed by atoms with Crippen LogP contribution < -0.4 is 0 Å². The van der Waals surface area contributed by atoms with Crippen LogP contribution in [0.1, 0.15) is 108 Å². The van der Waals surface area contributed by atoms with Crippen molar-refractivity contribution in [3.8, 4) is 0 Å². The highest BCUT2D eigenvalue weighted by atomic mass is 16.7. The number of benzene rings is 1. The van der Waals surface area contributed by atoms with Crippen molar-refractivity contribution >= 4 is 11.8 Å². The minimum atomic E-state index is -0.207. The highest BCUT2D eigenvalue weighted by Gasteiger charge is 2.67. The van der Waals surface area contributed by atoms with Crippen molar-refractivity contribution in [3.05, 3.63) is 35.9 Å². The van der Waals surface area contributed by atoms with Gasteiger partial charge in [-0.1, -0.05) is 39.0 Å². The molecule has 0 bridgehead atoms. The number of esters is 1. The van der Waals surface area contributed by atoms with Gasteiger partial charge in [0.05, 0.1) is 11.7 Å². The molecule has 6 nitrogen and oxygen atoms in total. The molecule has 1 aromatic rings. The van der Waals surface area contributed by atoms with Gasteiger partial charge < -0.3 is 18.9 Å². The van der Waals surface area contributed by atoms with E-state index in [-0.39, 0.29) is 35.3 Å². The van der Waals surface area contributed by atoms with Crippen LogP contribution >= 0.6 is 0 Å². The first kappa shape index (κ1) is 31.2. The van der Waals surface area contributed by atoms with E-state index in [0.717, 1.165) is 77.4 Å². The van der Waals surface area contributed by atoms with Gasteiger partial charge in [-0.05, 0) is 117 Å². The predicted octanol–water partition coefficient (Wildman–Crippen LogP) is 7.63. The van der Waals surface area contributed by atoms with Crippen molar-refractivity contribution in [1.29, 1.82) is 0 Å². The lowest BCUT2D eigenvalue weighted by Crippen LogP contribution is -2.63. The fraction of sp³-hybridized carbons (Fsp3) is 0.784. The van der Waals surface area contributed by atoms with E-state index < -0.39 is 0 Å². The Morgan fingerprint density at radius 2 is 1.88 bits per heavy atom. The molecule has 0 N–H and O–H groups in total. The van der Waals surface area contributed by atoms with E-state index >= 15 is 0 Å². The van der Waals surface area contributed by atoms with Gasteiger partial charge in [0.15, 0.2) is 6.29 Å². The zero-order valence-corrected chi connectivity index (χ0v) is 26.9. The second kappa shape index (κ2) is 12.9. The number of ether oxygens (including phenoxy) is 4. The summed E-state index contributed by atoms with van der Waals surface area (Å²) in [7, 11) is 1.78. The Morgan fingerprint density at radius 1 is 1.07 bits per heavy atom. The lowest BCUT2D eigenvalue weighted by molar-refractivity contribution is -0.258. The first-order chi connectivity index (χ1) is 20.8. The smallest absolute Gasteiger partial charge is 0.338 e. The molecular weight excluding hydrogens is 540 g/mol. The molecule has 1 saturated heterocycles. The molecule has 6 rings (SSSR count). The summed E-state index contributed by atoms with van der Waals surface area (Å²) in [5, 5.41) is 0. The third-order valence-electron chi connectivity index (χ3n) is 13.0. The molecule has 43 heavy (non-hydrogen) atoms. The third kappa shape index (κ3) is 5.86. The summed E-state index contributed by atoms with van der Waals surface area (Å²) in [6.45, 7) is 8.86. The van der Waals surface area contributed by atoms with Crippen molar-refractivity contribution in [1.82, 2.24) is 0 Å². The SMILES string of the molecule is COCCC[C@@H](C)[C@H]1CC[C@H]2[C@@H]3[C@H](O[C@H]4CCCCO4)CC4CC(=O)CC[C@]4(C)[C@H]3C[C@H](OC(=O)c3ccccc3)[C@]12C. The average molecular weight is 595 g/mol. The topological polar surface area (TPSA) is 71.1 Å². The van der Waals surface area contributed by atoms with Crippen molar-refractivity contribution in [2.45, 2.75) is 116 Å². The first-order valence-corrected chi connectivity index (χ1v) is 17.3. The van der Waals surface area contributed by atoms with Crippen molar-refractivity contribution < 1.29 is 28.5 Å². The quantitative estimate of drug-likeness (QED) is 0.166. The summed E-state index contributed by atoms with van der Waals surface area (Å²) in [4.78, 5) is 26.5. The molecule has 0 amide bonds. The minimum Gasteiger partial charge on any atom is -0.458 e. The van der Waals surface area contributed by atoms with Gasteiger partial charge in [-0.3, -0.25) is 4.79 Å². The number of fused-ring (bicyclic) bond motifs is 5. The maximum Gasteiger partial charge on any atom is 0.338 e. The van der Waals surface area contributed by atoms with E-state index in [1.54, 1.807) is 7.11 Å². The Morgan fingerprint density at radius 3 is 2.63 bits per heavy atom. The van der Waals surface area contributed by atoms with E-state index in [1.807, 2.05) is 30.3 Å². The number of hydrogen-bond donors (Lipinski definition) is 0. The Bertz CT molecular complexity index is 1120. The van der Waals surface area contributed by atoms with E-state index in [1.165, 1.54) is 0 Å². The lowest BCUT2D eigenvalue weighted by Gasteiger charge is -2.64. The van der Waals surface area contributed by atoms with Gasteiger partial charge in [-0.2, -0.15) is 0 Å². The number of hydrogen-bond acceptors (Lipinski definition) is 6. The third-order valence-corrected chi connectivity index (χ3v) is 13.0. The molecule has 11 atom stereocenters. The zero-order chi connectivity index (χ0) is 30.2. The van der Waals surface area contributed by atoms with Gasteiger partial charge in [0.2, 0.25) is 0 Å². The van der Waals surface area contributed by atoms with Crippen molar-refractivity contribution in [2.24, 2.45) is 46.3 Å². The maximum absolute atomic E-state index is 13.7. The van der Waals surface area contributed by atoms with Crippen LogP contribution in [-0.2, 0) is 23.7 Å². The summed E-state index contributed by atoms with van der Waals surface area (Å²) in [6.07, 6.45) is 11.5. The summed E-state index contributed by atoms with van der Waals surface area (Å²) in [6, 6.07) is 9.50. The van der Waals surface area contributed by atoms with Crippen LogP contribution in [0.2, 0.25) is 0 Å². The highest BCUT2D eigenvalue weighted by molar-refractivity contribution is 5.89. The minimum absolute atomic E-state index is 0.0484. The van der Waals surface area contributed by atoms with Crippen molar-refractivity contribution in [3.63, 3.8) is 0 Å². The zero-order valence-electron chi connectivity index (χ0n) is 26.9. The van der Waals surface area contributed by atoms with E-state index in [4.69, 9.17) is 18.9 Å². The van der Waals surface area contributed by atoms with Crippen LogP contribution in [0, 0.1) is 46.3 Å². The van der Waals surface area contributed by atoms with Crippen LogP contribution in [0.5, 0.6) is 0 Å². The van der Waals surface area contributed by atoms with Crippen LogP contribution in [0.4, 0.5) is 0 Å². The Balaban J connectivity index is 1.37. The maximum atomic E-state index is 13.7. The standard InChI is InChI=1S/C37H54O6/c1-24(11-10-19-40-4)28-15-16-29-34-30(23-32(37(28,29)3)43-35(39)25-12-6-5-7-13-25)36(2)18-17-27(38)21-26(36)22-31(34)42-33-14-8-9-20-41-33/h5-7,12-13,24,26,28-34H,8-11,14-23H2,1-4H3/t24-,26?,28-,29+,30+,31-,32+,33+,34+,36+,37-/m1/s1. The van der Waals surface area contributed by atoms with Gasteiger partial charge in [0.1, 0.15) is 11.9 Å². The number of carbonyl (C=O) groups is 2. The molecule has 1 aliphatic heterocycles. The molecule has 5 aliphatic rings. The fourth-order valence-corrected chi connectivity index (χ4v) is 10.7. The summed E-state index contributed by atoms with van der Waals surface area (Å²) >= 11 is 0. The normalized spacial score (nSPS) is 41.5. The first-order valence-electron chi connectivity index (χ1n) is 17.3. The van der Waals surface area contributed by atoms with E-state index in [0.29, 0.717) is 59.7 Å². The van der Waals surface area contributed by atoms with Crippen molar-refractivity contribution in [2.75, 3.05) is 20.3 Å². The molecule has 0 radical (unpaired) electrons. The largest absolute Gasteiger partial charge is 0.458 e. The number of ketones is 1. The molecule has 5 fully saturated rings. The van der Waals surface area contributed by atoms with E-state index in [9.17, 15) is 9.59 Å². The molecular formula is C37H54O6.